The lowest BCUT2D eigenvalue weighted by Crippen LogP contribution is -2.53. The summed E-state index contributed by atoms with van der Waals surface area (Å²) >= 11 is 0. The SMILES string of the molecule is CC.COC(=O)C1(NCc2cccc3c(C(F)(F)F)c(OC4CCC(C)CC4)ccc23)CCCCC1. The van der Waals surface area contributed by atoms with Gasteiger partial charge in [-0.3, -0.25) is 10.1 Å². The number of methoxy groups -OCH3 is 1. The summed E-state index contributed by atoms with van der Waals surface area (Å²) in [6.07, 6.45) is 2.97. The number of nitrogens with one attached hydrogen (secondary N) is 1. The highest BCUT2D eigenvalue weighted by molar-refractivity contribution is 5.91. The van der Waals surface area contributed by atoms with E-state index in [1.807, 2.05) is 19.9 Å². The van der Waals surface area contributed by atoms with Crippen LogP contribution in [0.1, 0.15) is 89.7 Å². The van der Waals surface area contributed by atoms with Crippen molar-refractivity contribution >= 4 is 16.7 Å². The number of rotatable bonds is 6. The van der Waals surface area contributed by atoms with Crippen molar-refractivity contribution in [1.82, 2.24) is 5.32 Å². The normalized spacial score (nSPS) is 21.9. The quantitative estimate of drug-likeness (QED) is 0.405. The van der Waals surface area contributed by atoms with Gasteiger partial charge in [-0.05, 0) is 66.8 Å². The minimum Gasteiger partial charge on any atom is -0.490 e. The van der Waals surface area contributed by atoms with Gasteiger partial charge in [0, 0.05) is 6.54 Å². The minimum atomic E-state index is -4.54. The van der Waals surface area contributed by atoms with Gasteiger partial charge in [-0.25, -0.2) is 0 Å². The molecule has 2 saturated carbocycles. The van der Waals surface area contributed by atoms with Crippen molar-refractivity contribution in [3.8, 4) is 5.75 Å². The zero-order valence-electron chi connectivity index (χ0n) is 22.0. The molecule has 36 heavy (non-hydrogen) atoms. The second-order valence-electron chi connectivity index (χ2n) is 9.94. The zero-order valence-corrected chi connectivity index (χ0v) is 22.0. The summed E-state index contributed by atoms with van der Waals surface area (Å²) in [6, 6.07) is 8.14. The molecule has 7 heteroatoms. The van der Waals surface area contributed by atoms with Gasteiger partial charge >= 0.3 is 12.1 Å². The third-order valence-corrected chi connectivity index (χ3v) is 7.55. The van der Waals surface area contributed by atoms with Gasteiger partial charge in [-0.15, -0.1) is 0 Å². The van der Waals surface area contributed by atoms with Crippen LogP contribution in [0.25, 0.3) is 10.8 Å². The Hall–Kier alpha value is -2.28. The first-order chi connectivity index (χ1) is 17.2. The van der Waals surface area contributed by atoms with Crippen LogP contribution < -0.4 is 10.1 Å². The summed E-state index contributed by atoms with van der Waals surface area (Å²) in [5.41, 5.74) is -0.788. The first kappa shape index (κ1) is 28.3. The van der Waals surface area contributed by atoms with E-state index in [1.54, 1.807) is 12.1 Å². The van der Waals surface area contributed by atoms with Gasteiger partial charge in [0.1, 0.15) is 16.9 Å². The highest BCUT2D eigenvalue weighted by Gasteiger charge is 2.41. The summed E-state index contributed by atoms with van der Waals surface area (Å²) in [5, 5.41) is 4.00. The summed E-state index contributed by atoms with van der Waals surface area (Å²) in [5.74, 6) is 0.190. The van der Waals surface area contributed by atoms with E-state index in [4.69, 9.17) is 9.47 Å². The molecule has 2 aromatic carbocycles. The van der Waals surface area contributed by atoms with Crippen molar-refractivity contribution in [1.29, 1.82) is 0 Å². The number of hydrogen-bond donors (Lipinski definition) is 1. The molecule has 0 atom stereocenters. The maximum Gasteiger partial charge on any atom is 0.420 e. The Kier molecular flexibility index (Phi) is 9.67. The number of benzene rings is 2. The van der Waals surface area contributed by atoms with Crippen molar-refractivity contribution in [2.45, 2.75) is 103 Å². The number of hydrogen-bond acceptors (Lipinski definition) is 4. The number of esters is 1. The Morgan fingerprint density at radius 2 is 1.67 bits per heavy atom. The van der Waals surface area contributed by atoms with Crippen molar-refractivity contribution in [2.24, 2.45) is 5.92 Å². The fraction of sp³-hybridized carbons (Fsp3) is 0.621. The summed E-state index contributed by atoms with van der Waals surface area (Å²) in [7, 11) is 1.38. The fourth-order valence-corrected chi connectivity index (χ4v) is 5.54. The molecule has 0 aliphatic heterocycles. The second-order valence-corrected chi connectivity index (χ2v) is 9.94. The maximum atomic E-state index is 14.3. The van der Waals surface area contributed by atoms with Crippen LogP contribution in [0.15, 0.2) is 30.3 Å². The van der Waals surface area contributed by atoms with Crippen LogP contribution in [0.5, 0.6) is 5.75 Å². The molecule has 0 spiro atoms. The fourth-order valence-electron chi connectivity index (χ4n) is 5.54. The van der Waals surface area contributed by atoms with Crippen molar-refractivity contribution in [2.75, 3.05) is 7.11 Å². The van der Waals surface area contributed by atoms with Crippen molar-refractivity contribution in [3.63, 3.8) is 0 Å². The minimum absolute atomic E-state index is 0.0945. The predicted molar refractivity (Wildman–Crippen MR) is 137 cm³/mol. The number of fused-ring (bicyclic) bond motifs is 1. The maximum absolute atomic E-state index is 14.3. The Morgan fingerprint density at radius 1 is 1.00 bits per heavy atom. The van der Waals surface area contributed by atoms with Gasteiger partial charge < -0.3 is 9.47 Å². The van der Waals surface area contributed by atoms with Gasteiger partial charge in [0.05, 0.1) is 13.2 Å². The number of carbonyl (C=O) groups is 1. The molecule has 1 N–H and O–H groups in total. The van der Waals surface area contributed by atoms with E-state index in [0.717, 1.165) is 50.5 Å². The van der Waals surface area contributed by atoms with Crippen LogP contribution in [0.3, 0.4) is 0 Å². The van der Waals surface area contributed by atoms with E-state index in [0.29, 0.717) is 24.1 Å². The predicted octanol–water partition coefficient (Wildman–Crippen LogP) is 7.81. The lowest BCUT2D eigenvalue weighted by molar-refractivity contribution is -0.150. The Morgan fingerprint density at radius 3 is 2.28 bits per heavy atom. The molecule has 2 fully saturated rings. The third-order valence-electron chi connectivity index (χ3n) is 7.55. The van der Waals surface area contributed by atoms with Crippen LogP contribution in [-0.4, -0.2) is 24.7 Å². The number of halogens is 3. The molecular weight excluding hydrogens is 467 g/mol. The van der Waals surface area contributed by atoms with Crippen molar-refractivity contribution in [3.05, 3.63) is 41.5 Å². The van der Waals surface area contributed by atoms with Crippen LogP contribution >= 0.6 is 0 Å². The molecule has 4 nitrogen and oxygen atoms in total. The monoisotopic (exact) mass is 507 g/mol. The van der Waals surface area contributed by atoms with E-state index in [-0.39, 0.29) is 29.8 Å². The van der Waals surface area contributed by atoms with Gasteiger partial charge in [0.25, 0.3) is 0 Å². The molecular formula is C29H40F3NO3. The molecule has 0 aromatic heterocycles. The van der Waals surface area contributed by atoms with Gasteiger partial charge in [0.15, 0.2) is 0 Å². The number of ether oxygens (including phenoxy) is 2. The average Bonchev–Trinajstić information content (AvgIpc) is 2.89. The van der Waals surface area contributed by atoms with Gasteiger partial charge in [-0.1, -0.05) is 64.3 Å². The Labute approximate surface area is 212 Å². The lowest BCUT2D eigenvalue weighted by atomic mass is 9.81. The van der Waals surface area contributed by atoms with Crippen LogP contribution in [0, 0.1) is 5.92 Å². The number of alkyl halides is 3. The highest BCUT2D eigenvalue weighted by Crippen LogP contribution is 2.43. The molecule has 0 saturated heterocycles. The molecule has 2 aromatic rings. The molecule has 2 aliphatic carbocycles. The van der Waals surface area contributed by atoms with E-state index in [1.165, 1.54) is 19.2 Å². The Bertz CT molecular complexity index is 1010. The molecule has 200 valence electrons. The van der Waals surface area contributed by atoms with E-state index < -0.39 is 17.3 Å². The molecule has 4 rings (SSSR count). The van der Waals surface area contributed by atoms with Crippen molar-refractivity contribution < 1.29 is 27.4 Å². The van der Waals surface area contributed by atoms with Crippen LogP contribution in [-0.2, 0) is 22.3 Å². The van der Waals surface area contributed by atoms with Crippen LogP contribution in [0.4, 0.5) is 13.2 Å². The first-order valence-corrected chi connectivity index (χ1v) is 13.4. The molecule has 0 radical (unpaired) electrons. The van der Waals surface area contributed by atoms with E-state index in [9.17, 15) is 18.0 Å². The third kappa shape index (κ3) is 6.34. The highest BCUT2D eigenvalue weighted by atomic mass is 19.4. The molecule has 0 heterocycles. The molecule has 0 bridgehead atoms. The topological polar surface area (TPSA) is 47.6 Å². The molecule has 0 amide bonds. The molecule has 0 unspecified atom stereocenters. The standard InChI is InChI=1S/C27H34F3NO3.C2H6/c1-18-9-11-20(12-10-18)34-23-14-13-21-19(7-6-8-22(21)24(23)27(28,29)30)17-31-26(25(32)33-2)15-4-3-5-16-26;1-2/h6-8,13-14,18,20,31H,3-5,9-12,15-17H2,1-2H3;1-2H3. The Balaban J connectivity index is 0.00000176. The number of carbonyl (C=O) groups excluding carboxylic acids is 1. The van der Waals surface area contributed by atoms with Crippen LogP contribution in [0.2, 0.25) is 0 Å². The first-order valence-electron chi connectivity index (χ1n) is 13.4. The lowest BCUT2D eigenvalue weighted by Gasteiger charge is -2.35. The summed E-state index contributed by atoms with van der Waals surface area (Å²) in [6.45, 7) is 6.45. The van der Waals surface area contributed by atoms with Gasteiger partial charge in [0.2, 0.25) is 0 Å². The molecule has 2 aliphatic rings. The summed E-state index contributed by atoms with van der Waals surface area (Å²) < 4.78 is 53.8. The average molecular weight is 508 g/mol. The largest absolute Gasteiger partial charge is 0.490 e. The summed E-state index contributed by atoms with van der Waals surface area (Å²) in [4.78, 5) is 12.6. The van der Waals surface area contributed by atoms with Gasteiger partial charge in [-0.2, -0.15) is 13.2 Å². The van der Waals surface area contributed by atoms with E-state index in [2.05, 4.69) is 12.2 Å². The smallest absolute Gasteiger partial charge is 0.420 e. The van der Waals surface area contributed by atoms with E-state index >= 15 is 0 Å². The zero-order chi connectivity index (χ0) is 26.3. The second kappa shape index (κ2) is 12.3.